The molecule has 2 aromatic rings. The van der Waals surface area contributed by atoms with E-state index >= 15 is 0 Å². The monoisotopic (exact) mass is 398 g/mol. The lowest BCUT2D eigenvalue weighted by Gasteiger charge is -2.10. The highest BCUT2D eigenvalue weighted by Gasteiger charge is 2.21. The molecule has 0 bridgehead atoms. The summed E-state index contributed by atoms with van der Waals surface area (Å²) < 4.78 is 32.1. The largest absolute Gasteiger partial charge is 0.459 e. The maximum absolute atomic E-state index is 12.4. The third-order valence-electron chi connectivity index (χ3n) is 3.14. The topological polar surface area (TPSA) is 116 Å². The molecular weight excluding hydrogens is 384 g/mol. The van der Waals surface area contributed by atoms with Crippen molar-refractivity contribution in [1.82, 2.24) is 0 Å². The Morgan fingerprint density at radius 3 is 2.35 bits per heavy atom. The molecule has 0 aliphatic heterocycles. The van der Waals surface area contributed by atoms with Crippen LogP contribution in [-0.2, 0) is 14.8 Å². The molecule has 26 heavy (non-hydrogen) atoms. The summed E-state index contributed by atoms with van der Waals surface area (Å²) in [6.45, 7) is 3.43. The van der Waals surface area contributed by atoms with E-state index in [1.165, 1.54) is 24.3 Å². The number of nitro groups is 1. The van der Waals surface area contributed by atoms with Gasteiger partial charge in [-0.2, -0.15) is 0 Å². The molecule has 8 nitrogen and oxygen atoms in total. The van der Waals surface area contributed by atoms with Gasteiger partial charge in [-0.1, -0.05) is 11.6 Å². The van der Waals surface area contributed by atoms with Crippen molar-refractivity contribution in [1.29, 1.82) is 0 Å². The zero-order valence-electron chi connectivity index (χ0n) is 13.8. The lowest BCUT2D eigenvalue weighted by molar-refractivity contribution is -0.384. The Hall–Kier alpha value is -2.65. The first kappa shape index (κ1) is 19.7. The highest BCUT2D eigenvalue weighted by molar-refractivity contribution is 7.92. The molecule has 0 amide bonds. The van der Waals surface area contributed by atoms with Crippen molar-refractivity contribution in [2.24, 2.45) is 0 Å². The number of hydrogen-bond acceptors (Lipinski definition) is 6. The number of nitrogens with one attached hydrogen (secondary N) is 1. The summed E-state index contributed by atoms with van der Waals surface area (Å²) >= 11 is 5.68. The van der Waals surface area contributed by atoms with E-state index in [1.807, 2.05) is 0 Å². The molecular formula is C16H15ClN2O6S. The van der Waals surface area contributed by atoms with Gasteiger partial charge in [0.1, 0.15) is 5.02 Å². The van der Waals surface area contributed by atoms with Gasteiger partial charge in [0, 0.05) is 11.8 Å². The van der Waals surface area contributed by atoms with Crippen LogP contribution in [0, 0.1) is 10.1 Å². The van der Waals surface area contributed by atoms with E-state index in [-0.39, 0.29) is 27.3 Å². The van der Waals surface area contributed by atoms with Gasteiger partial charge in [-0.25, -0.2) is 13.2 Å². The second-order valence-corrected chi connectivity index (χ2v) is 7.60. The molecule has 0 aliphatic rings. The molecule has 0 aliphatic carbocycles. The molecule has 10 heteroatoms. The molecule has 0 spiro atoms. The van der Waals surface area contributed by atoms with Crippen LogP contribution in [0.4, 0.5) is 11.4 Å². The van der Waals surface area contributed by atoms with E-state index in [1.54, 1.807) is 13.8 Å². The van der Waals surface area contributed by atoms with E-state index < -0.39 is 26.6 Å². The Labute approximate surface area is 154 Å². The first-order valence-electron chi connectivity index (χ1n) is 7.38. The second-order valence-electron chi connectivity index (χ2n) is 5.51. The summed E-state index contributed by atoms with van der Waals surface area (Å²) in [5, 5.41) is 10.7. The average Bonchev–Trinajstić information content (AvgIpc) is 2.54. The number of rotatable bonds is 6. The molecule has 138 valence electrons. The minimum absolute atomic E-state index is 0.165. The number of sulfonamides is 1. The lowest BCUT2D eigenvalue weighted by atomic mass is 10.2. The third kappa shape index (κ3) is 4.70. The Bertz CT molecular complexity index is 942. The van der Waals surface area contributed by atoms with E-state index in [9.17, 15) is 23.3 Å². The smallest absolute Gasteiger partial charge is 0.338 e. The quantitative estimate of drug-likeness (QED) is 0.451. The van der Waals surface area contributed by atoms with Crippen LogP contribution in [0.15, 0.2) is 47.4 Å². The van der Waals surface area contributed by atoms with Gasteiger partial charge in [0.15, 0.2) is 0 Å². The fourth-order valence-corrected chi connectivity index (χ4v) is 3.23. The van der Waals surface area contributed by atoms with Crippen molar-refractivity contribution in [3.05, 3.63) is 63.2 Å². The molecule has 0 unspecified atom stereocenters. The Kier molecular flexibility index (Phi) is 5.83. The van der Waals surface area contributed by atoms with Gasteiger partial charge >= 0.3 is 5.97 Å². The predicted molar refractivity (Wildman–Crippen MR) is 95.9 cm³/mol. The Morgan fingerprint density at radius 2 is 1.81 bits per heavy atom. The number of carbonyl (C=O) groups is 1. The number of benzene rings is 2. The van der Waals surface area contributed by atoms with Crippen LogP contribution in [0.1, 0.15) is 24.2 Å². The standard InChI is InChI=1S/C16H15ClN2O6S/c1-10(2)25-16(20)11-3-5-12(6-4-11)18-26(23,24)13-7-8-14(17)15(9-13)19(21)22/h3-10,18H,1-2H3. The fraction of sp³-hybridized carbons (Fsp3) is 0.188. The van der Waals surface area contributed by atoms with Crippen LogP contribution in [0.3, 0.4) is 0 Å². The predicted octanol–water partition coefficient (Wildman–Crippen LogP) is 3.61. The molecule has 0 aromatic heterocycles. The van der Waals surface area contributed by atoms with Crippen molar-refractivity contribution in [2.75, 3.05) is 4.72 Å². The number of ether oxygens (including phenoxy) is 1. The number of carbonyl (C=O) groups excluding carboxylic acids is 1. The normalized spacial score (nSPS) is 11.2. The minimum atomic E-state index is -4.07. The number of nitro benzene ring substituents is 1. The second kappa shape index (κ2) is 7.71. The molecule has 0 radical (unpaired) electrons. The van der Waals surface area contributed by atoms with Gasteiger partial charge in [-0.05, 0) is 50.2 Å². The molecule has 0 saturated heterocycles. The summed E-state index contributed by atoms with van der Waals surface area (Å²) in [6.07, 6.45) is -0.277. The Balaban J connectivity index is 2.23. The van der Waals surface area contributed by atoms with Gasteiger partial charge in [0.2, 0.25) is 0 Å². The maximum Gasteiger partial charge on any atom is 0.338 e. The van der Waals surface area contributed by atoms with Crippen molar-refractivity contribution in [3.63, 3.8) is 0 Å². The van der Waals surface area contributed by atoms with Crippen LogP contribution >= 0.6 is 11.6 Å². The van der Waals surface area contributed by atoms with Crippen molar-refractivity contribution in [3.8, 4) is 0 Å². The lowest BCUT2D eigenvalue weighted by Crippen LogP contribution is -2.14. The van der Waals surface area contributed by atoms with Crippen molar-refractivity contribution in [2.45, 2.75) is 24.8 Å². The molecule has 0 fully saturated rings. The van der Waals surface area contributed by atoms with E-state index in [0.29, 0.717) is 0 Å². The summed E-state index contributed by atoms with van der Waals surface area (Å²) in [5.74, 6) is -0.525. The summed E-state index contributed by atoms with van der Waals surface area (Å²) in [5.41, 5.74) is -0.0613. The van der Waals surface area contributed by atoms with Gasteiger partial charge in [0.05, 0.1) is 21.5 Å². The van der Waals surface area contributed by atoms with E-state index in [0.717, 1.165) is 18.2 Å². The summed E-state index contributed by atoms with van der Waals surface area (Å²) in [7, 11) is -4.07. The summed E-state index contributed by atoms with van der Waals surface area (Å²) in [4.78, 5) is 21.6. The SMILES string of the molecule is CC(C)OC(=O)c1ccc(NS(=O)(=O)c2ccc(Cl)c([N+](=O)[O-])c2)cc1. The molecule has 0 atom stereocenters. The van der Waals surface area contributed by atoms with Crippen molar-refractivity contribution < 1.29 is 22.9 Å². The number of nitrogens with zero attached hydrogens (tertiary/aromatic N) is 1. The first-order valence-corrected chi connectivity index (χ1v) is 9.24. The van der Waals surface area contributed by atoms with Crippen LogP contribution in [0.5, 0.6) is 0 Å². The number of esters is 1. The van der Waals surface area contributed by atoms with Crippen LogP contribution in [0.25, 0.3) is 0 Å². The van der Waals surface area contributed by atoms with Crippen LogP contribution < -0.4 is 4.72 Å². The number of halogens is 1. The highest BCUT2D eigenvalue weighted by Crippen LogP contribution is 2.28. The molecule has 1 N–H and O–H groups in total. The highest BCUT2D eigenvalue weighted by atomic mass is 35.5. The average molecular weight is 399 g/mol. The number of hydrogen-bond donors (Lipinski definition) is 1. The zero-order valence-corrected chi connectivity index (χ0v) is 15.4. The van der Waals surface area contributed by atoms with Gasteiger partial charge in [-0.3, -0.25) is 14.8 Å². The first-order chi connectivity index (χ1) is 12.1. The van der Waals surface area contributed by atoms with E-state index in [4.69, 9.17) is 16.3 Å². The van der Waals surface area contributed by atoms with E-state index in [2.05, 4.69) is 4.72 Å². The molecule has 2 aromatic carbocycles. The van der Waals surface area contributed by atoms with Gasteiger partial charge in [-0.15, -0.1) is 0 Å². The van der Waals surface area contributed by atoms with Crippen LogP contribution in [0.2, 0.25) is 5.02 Å². The Morgan fingerprint density at radius 1 is 1.19 bits per heavy atom. The summed E-state index contributed by atoms with van der Waals surface area (Å²) in [6, 6.07) is 8.77. The minimum Gasteiger partial charge on any atom is -0.459 e. The fourth-order valence-electron chi connectivity index (χ4n) is 1.97. The maximum atomic E-state index is 12.4. The van der Waals surface area contributed by atoms with Gasteiger partial charge in [0.25, 0.3) is 15.7 Å². The van der Waals surface area contributed by atoms with Gasteiger partial charge < -0.3 is 4.74 Å². The third-order valence-corrected chi connectivity index (χ3v) is 4.84. The van der Waals surface area contributed by atoms with Crippen LogP contribution in [-0.4, -0.2) is 25.4 Å². The molecule has 0 heterocycles. The number of anilines is 1. The molecule has 0 saturated carbocycles. The van der Waals surface area contributed by atoms with Crippen molar-refractivity contribution >= 4 is 39.0 Å². The zero-order chi connectivity index (χ0) is 19.5. The molecule has 2 rings (SSSR count).